The van der Waals surface area contributed by atoms with Crippen LogP contribution in [0.4, 0.5) is 10.5 Å². The molecule has 5 heteroatoms. The standard InChI is InChI=1S/C17H19ClN2O2/c1-3-16(12-7-9-15(22-2)10-8-12)20-17(21)19-14-6-4-5-13(18)11-14/h4-11,16H,3H2,1-2H3,(H2,19,20,21). The van der Waals surface area contributed by atoms with Gasteiger partial charge >= 0.3 is 6.03 Å². The highest BCUT2D eigenvalue weighted by atomic mass is 35.5. The van der Waals surface area contributed by atoms with Crippen molar-refractivity contribution >= 4 is 23.3 Å². The summed E-state index contributed by atoms with van der Waals surface area (Å²) in [4.78, 5) is 12.1. The molecule has 1 atom stereocenters. The molecule has 0 aromatic heterocycles. The van der Waals surface area contributed by atoms with Crippen molar-refractivity contribution in [2.45, 2.75) is 19.4 Å². The van der Waals surface area contributed by atoms with Gasteiger partial charge in [-0.25, -0.2) is 4.79 Å². The van der Waals surface area contributed by atoms with Crippen molar-refractivity contribution in [3.63, 3.8) is 0 Å². The number of halogens is 1. The first kappa shape index (κ1) is 16.2. The summed E-state index contributed by atoms with van der Waals surface area (Å²) in [7, 11) is 1.63. The van der Waals surface area contributed by atoms with Crippen LogP contribution in [-0.2, 0) is 0 Å². The molecule has 0 aliphatic heterocycles. The van der Waals surface area contributed by atoms with E-state index < -0.39 is 0 Å². The number of carbonyl (C=O) groups is 1. The van der Waals surface area contributed by atoms with Gasteiger partial charge in [-0.05, 0) is 42.3 Å². The maximum Gasteiger partial charge on any atom is 0.319 e. The van der Waals surface area contributed by atoms with Crippen molar-refractivity contribution in [1.82, 2.24) is 5.32 Å². The topological polar surface area (TPSA) is 50.4 Å². The van der Waals surface area contributed by atoms with Crippen molar-refractivity contribution in [2.24, 2.45) is 0 Å². The van der Waals surface area contributed by atoms with Gasteiger partial charge in [-0.3, -0.25) is 0 Å². The van der Waals surface area contributed by atoms with Crippen molar-refractivity contribution in [3.8, 4) is 5.75 Å². The second-order valence-corrected chi connectivity index (χ2v) is 5.28. The number of methoxy groups -OCH3 is 1. The fourth-order valence-corrected chi connectivity index (χ4v) is 2.34. The molecule has 2 rings (SSSR count). The Morgan fingerprint density at radius 2 is 1.95 bits per heavy atom. The zero-order valence-electron chi connectivity index (χ0n) is 12.6. The van der Waals surface area contributed by atoms with E-state index in [2.05, 4.69) is 10.6 Å². The number of nitrogens with one attached hydrogen (secondary N) is 2. The van der Waals surface area contributed by atoms with E-state index in [0.717, 1.165) is 17.7 Å². The van der Waals surface area contributed by atoms with Gasteiger partial charge in [-0.15, -0.1) is 0 Å². The summed E-state index contributed by atoms with van der Waals surface area (Å²) in [6.07, 6.45) is 0.787. The zero-order chi connectivity index (χ0) is 15.9. The van der Waals surface area contributed by atoms with Crippen molar-refractivity contribution < 1.29 is 9.53 Å². The molecule has 0 bridgehead atoms. The molecule has 0 radical (unpaired) electrons. The summed E-state index contributed by atoms with van der Waals surface area (Å²) in [6.45, 7) is 2.02. The molecule has 116 valence electrons. The first-order valence-electron chi connectivity index (χ1n) is 7.09. The molecule has 22 heavy (non-hydrogen) atoms. The predicted octanol–water partition coefficient (Wildman–Crippen LogP) is 4.62. The number of benzene rings is 2. The van der Waals surface area contributed by atoms with Gasteiger partial charge in [0.05, 0.1) is 13.2 Å². The summed E-state index contributed by atoms with van der Waals surface area (Å²) >= 11 is 5.90. The van der Waals surface area contributed by atoms with Gasteiger partial charge in [-0.1, -0.05) is 36.7 Å². The van der Waals surface area contributed by atoms with Crippen LogP contribution in [0.2, 0.25) is 5.02 Å². The smallest absolute Gasteiger partial charge is 0.319 e. The summed E-state index contributed by atoms with van der Waals surface area (Å²) in [5.41, 5.74) is 1.69. The van der Waals surface area contributed by atoms with Gasteiger partial charge in [0.15, 0.2) is 0 Å². The Hall–Kier alpha value is -2.20. The number of amides is 2. The second-order valence-electron chi connectivity index (χ2n) is 4.84. The highest BCUT2D eigenvalue weighted by molar-refractivity contribution is 6.30. The number of carbonyl (C=O) groups excluding carboxylic acids is 1. The summed E-state index contributed by atoms with van der Waals surface area (Å²) in [5, 5.41) is 6.32. The van der Waals surface area contributed by atoms with E-state index in [9.17, 15) is 4.79 Å². The molecule has 2 N–H and O–H groups in total. The van der Waals surface area contributed by atoms with Crippen LogP contribution in [0.1, 0.15) is 24.9 Å². The van der Waals surface area contributed by atoms with E-state index in [-0.39, 0.29) is 12.1 Å². The lowest BCUT2D eigenvalue weighted by atomic mass is 10.0. The summed E-state index contributed by atoms with van der Waals surface area (Å²) in [5.74, 6) is 0.794. The summed E-state index contributed by atoms with van der Waals surface area (Å²) < 4.78 is 5.14. The Morgan fingerprint density at radius 3 is 2.55 bits per heavy atom. The molecule has 1 unspecified atom stereocenters. The van der Waals surface area contributed by atoms with Gasteiger partial charge in [-0.2, -0.15) is 0 Å². The molecule has 0 heterocycles. The highest BCUT2D eigenvalue weighted by Gasteiger charge is 2.13. The fraction of sp³-hybridized carbons (Fsp3) is 0.235. The lowest BCUT2D eigenvalue weighted by Crippen LogP contribution is -2.32. The Balaban J connectivity index is 2.01. The summed E-state index contributed by atoms with van der Waals surface area (Å²) in [6, 6.07) is 14.4. The lowest BCUT2D eigenvalue weighted by Gasteiger charge is -2.18. The Kier molecular flexibility index (Phi) is 5.67. The molecule has 0 spiro atoms. The molecular weight excluding hydrogens is 300 g/mol. The Labute approximate surface area is 135 Å². The van der Waals surface area contributed by atoms with Gasteiger partial charge in [0.25, 0.3) is 0 Å². The maximum atomic E-state index is 12.1. The Morgan fingerprint density at radius 1 is 1.23 bits per heavy atom. The van der Waals surface area contributed by atoms with Gasteiger partial charge in [0, 0.05) is 10.7 Å². The molecule has 2 amide bonds. The highest BCUT2D eigenvalue weighted by Crippen LogP contribution is 2.20. The molecule has 2 aromatic carbocycles. The van der Waals surface area contributed by atoms with E-state index in [1.54, 1.807) is 31.4 Å². The van der Waals surface area contributed by atoms with Crippen molar-refractivity contribution in [1.29, 1.82) is 0 Å². The number of anilines is 1. The van der Waals surface area contributed by atoms with E-state index in [0.29, 0.717) is 10.7 Å². The van der Waals surface area contributed by atoms with Crippen LogP contribution in [0.3, 0.4) is 0 Å². The average Bonchev–Trinajstić information content (AvgIpc) is 2.53. The van der Waals surface area contributed by atoms with Crippen molar-refractivity contribution in [2.75, 3.05) is 12.4 Å². The molecule has 0 aliphatic carbocycles. The third-order valence-corrected chi connectivity index (χ3v) is 3.55. The normalized spacial score (nSPS) is 11.6. The average molecular weight is 319 g/mol. The van der Waals surface area contributed by atoms with Crippen molar-refractivity contribution in [3.05, 3.63) is 59.1 Å². The first-order chi connectivity index (χ1) is 10.6. The molecule has 0 saturated carbocycles. The van der Waals surface area contributed by atoms with Crippen LogP contribution in [0.15, 0.2) is 48.5 Å². The van der Waals surface area contributed by atoms with E-state index >= 15 is 0 Å². The van der Waals surface area contributed by atoms with Gasteiger partial charge in [0.2, 0.25) is 0 Å². The third-order valence-electron chi connectivity index (χ3n) is 3.31. The lowest BCUT2D eigenvalue weighted by molar-refractivity contribution is 0.248. The molecule has 0 fully saturated rings. The van der Waals surface area contributed by atoms with E-state index in [1.165, 1.54) is 0 Å². The largest absolute Gasteiger partial charge is 0.497 e. The molecule has 0 aliphatic rings. The number of urea groups is 1. The quantitative estimate of drug-likeness (QED) is 0.845. The fourth-order valence-electron chi connectivity index (χ4n) is 2.15. The molecule has 4 nitrogen and oxygen atoms in total. The second kappa shape index (κ2) is 7.71. The molecule has 2 aromatic rings. The number of ether oxygens (including phenoxy) is 1. The minimum Gasteiger partial charge on any atom is -0.497 e. The van der Waals surface area contributed by atoms with Crippen LogP contribution in [-0.4, -0.2) is 13.1 Å². The SMILES string of the molecule is CCC(NC(=O)Nc1cccc(Cl)c1)c1ccc(OC)cc1. The van der Waals surface area contributed by atoms with Crippen LogP contribution >= 0.6 is 11.6 Å². The van der Waals surface area contributed by atoms with E-state index in [4.69, 9.17) is 16.3 Å². The third kappa shape index (κ3) is 4.40. The number of hydrogen-bond donors (Lipinski definition) is 2. The van der Waals surface area contributed by atoms with Gasteiger partial charge in [0.1, 0.15) is 5.75 Å². The number of rotatable bonds is 5. The predicted molar refractivity (Wildman–Crippen MR) is 89.6 cm³/mol. The van der Waals surface area contributed by atoms with Gasteiger partial charge < -0.3 is 15.4 Å². The first-order valence-corrected chi connectivity index (χ1v) is 7.47. The minimum absolute atomic E-state index is 0.0647. The van der Waals surface area contributed by atoms with Crippen LogP contribution in [0.5, 0.6) is 5.75 Å². The van der Waals surface area contributed by atoms with Crippen LogP contribution in [0.25, 0.3) is 0 Å². The van der Waals surface area contributed by atoms with Crippen LogP contribution in [0, 0.1) is 0 Å². The zero-order valence-corrected chi connectivity index (χ0v) is 13.4. The Bertz CT molecular complexity index is 629. The number of hydrogen-bond acceptors (Lipinski definition) is 2. The molecule has 0 saturated heterocycles. The van der Waals surface area contributed by atoms with Crippen LogP contribution < -0.4 is 15.4 Å². The minimum atomic E-state index is -0.259. The monoisotopic (exact) mass is 318 g/mol. The maximum absolute atomic E-state index is 12.1. The molecular formula is C17H19ClN2O2. The van der Waals surface area contributed by atoms with E-state index in [1.807, 2.05) is 31.2 Å².